The van der Waals surface area contributed by atoms with E-state index < -0.39 is 28.1 Å². The molecule has 1 N–H and O–H groups in total. The third-order valence-corrected chi connectivity index (χ3v) is 9.42. The maximum absolute atomic E-state index is 13.9. The van der Waals surface area contributed by atoms with Crippen LogP contribution >= 0.6 is 0 Å². The lowest BCUT2D eigenvalue weighted by Gasteiger charge is -2.26. The van der Waals surface area contributed by atoms with Crippen LogP contribution in [0.4, 0.5) is 0 Å². The van der Waals surface area contributed by atoms with Crippen molar-refractivity contribution in [2.45, 2.75) is 53.9 Å². The van der Waals surface area contributed by atoms with Gasteiger partial charge in [0.25, 0.3) is 0 Å². The second-order valence-electron chi connectivity index (χ2n) is 10.8. The predicted octanol–water partition coefficient (Wildman–Crippen LogP) is 6.36. The van der Waals surface area contributed by atoms with Gasteiger partial charge in [-0.25, -0.2) is 9.20 Å². The predicted molar refractivity (Wildman–Crippen MR) is 157 cm³/mol. The molecule has 204 valence electrons. The molecule has 0 amide bonds. The molecule has 2 heterocycles. The molecule has 6 heteroatoms. The Balaban J connectivity index is 1.54. The monoisotopic (exact) mass is 551 g/mol. The van der Waals surface area contributed by atoms with E-state index >= 15 is 0 Å². The van der Waals surface area contributed by atoms with Crippen molar-refractivity contribution in [3.05, 3.63) is 131 Å². The van der Waals surface area contributed by atoms with Crippen molar-refractivity contribution in [1.82, 2.24) is 0 Å². The van der Waals surface area contributed by atoms with Crippen molar-refractivity contribution >= 4 is 16.7 Å². The highest BCUT2D eigenvalue weighted by Crippen LogP contribution is 2.66. The summed E-state index contributed by atoms with van der Waals surface area (Å²) in [6.07, 6.45) is -1.22. The fourth-order valence-electron chi connectivity index (χ4n) is 5.65. The van der Waals surface area contributed by atoms with Crippen LogP contribution in [-0.2, 0) is 25.9 Å². The Morgan fingerprint density at radius 2 is 1.43 bits per heavy atom. The van der Waals surface area contributed by atoms with Gasteiger partial charge in [0, 0.05) is 15.4 Å². The number of nitrogens with zero attached hydrogens (tertiary/aromatic N) is 1. The first-order chi connectivity index (χ1) is 19.4. The molecule has 1 unspecified atom stereocenters. The van der Waals surface area contributed by atoms with Crippen LogP contribution in [0.25, 0.3) is 0 Å². The molecule has 4 aromatic rings. The lowest BCUT2D eigenvalue weighted by Crippen LogP contribution is -2.40. The molecule has 0 bridgehead atoms. The van der Waals surface area contributed by atoms with Gasteiger partial charge in [-0.05, 0) is 42.2 Å². The summed E-state index contributed by atoms with van der Waals surface area (Å²) >= 11 is 0. The van der Waals surface area contributed by atoms with Crippen LogP contribution in [0.2, 0.25) is 0 Å². The molecular formula is C34H33NO4S. The summed E-state index contributed by atoms with van der Waals surface area (Å²) in [5, 5.41) is 12.5. The molecule has 4 aromatic carbocycles. The SMILES string of the molecule is Cc1ccc(S(=O)c2ccccc2[C@H](O)[C@@]2(C3=N[C@@H](C(C)C)CO3)OC2(c2ccccc2)c2ccccc2)cc1. The molecule has 0 radical (unpaired) electrons. The van der Waals surface area contributed by atoms with E-state index in [0.29, 0.717) is 27.9 Å². The zero-order chi connectivity index (χ0) is 27.9. The quantitative estimate of drug-likeness (QED) is 0.259. The number of epoxide rings is 1. The molecule has 4 atom stereocenters. The summed E-state index contributed by atoms with van der Waals surface area (Å²) in [5.74, 6) is 0.636. The molecule has 1 fully saturated rings. The number of ether oxygens (including phenoxy) is 2. The Kier molecular flexibility index (Phi) is 6.95. The average molecular weight is 552 g/mol. The first-order valence-electron chi connectivity index (χ1n) is 13.7. The Labute approximate surface area is 238 Å². The Morgan fingerprint density at radius 3 is 2.00 bits per heavy atom. The van der Waals surface area contributed by atoms with Crippen molar-refractivity contribution in [1.29, 1.82) is 0 Å². The summed E-state index contributed by atoms with van der Waals surface area (Å²) in [6.45, 7) is 6.64. The summed E-state index contributed by atoms with van der Waals surface area (Å²) < 4.78 is 27.0. The van der Waals surface area contributed by atoms with E-state index in [1.54, 1.807) is 0 Å². The molecular weight excluding hydrogens is 518 g/mol. The van der Waals surface area contributed by atoms with E-state index in [2.05, 4.69) is 13.8 Å². The molecule has 1 saturated heterocycles. The molecule has 2 aliphatic heterocycles. The molecule has 6 rings (SSSR count). The highest BCUT2D eigenvalue weighted by atomic mass is 32.2. The summed E-state index contributed by atoms with van der Waals surface area (Å²) in [5.41, 5.74) is 0.971. The van der Waals surface area contributed by atoms with Gasteiger partial charge in [0.1, 0.15) is 12.7 Å². The van der Waals surface area contributed by atoms with E-state index in [1.807, 2.05) is 116 Å². The van der Waals surface area contributed by atoms with E-state index in [4.69, 9.17) is 14.5 Å². The number of hydrogen-bond donors (Lipinski definition) is 1. The molecule has 5 nitrogen and oxygen atoms in total. The largest absolute Gasteiger partial charge is 0.476 e. The second-order valence-corrected chi connectivity index (χ2v) is 12.3. The lowest BCUT2D eigenvalue weighted by atomic mass is 9.76. The Hall–Kier alpha value is -3.58. The maximum atomic E-state index is 13.9. The van der Waals surface area contributed by atoms with Gasteiger partial charge in [-0.2, -0.15) is 0 Å². The van der Waals surface area contributed by atoms with Gasteiger partial charge in [0.05, 0.1) is 16.8 Å². The first kappa shape index (κ1) is 26.6. The molecule has 0 saturated carbocycles. The van der Waals surface area contributed by atoms with Crippen LogP contribution in [0.15, 0.2) is 124 Å². The first-order valence-corrected chi connectivity index (χ1v) is 14.8. The van der Waals surface area contributed by atoms with Gasteiger partial charge in [0.2, 0.25) is 11.5 Å². The van der Waals surface area contributed by atoms with E-state index in [1.165, 1.54) is 0 Å². The van der Waals surface area contributed by atoms with Crippen molar-refractivity contribution < 1.29 is 18.8 Å². The third kappa shape index (κ3) is 4.22. The van der Waals surface area contributed by atoms with Crippen LogP contribution in [0, 0.1) is 12.8 Å². The zero-order valence-corrected chi connectivity index (χ0v) is 23.7. The Morgan fingerprint density at radius 1 is 0.850 bits per heavy atom. The van der Waals surface area contributed by atoms with Crippen molar-refractivity contribution in [3.8, 4) is 0 Å². The fraction of sp³-hybridized carbons (Fsp3) is 0.265. The van der Waals surface area contributed by atoms with Crippen LogP contribution in [0.5, 0.6) is 0 Å². The standard InChI is InChI=1S/C34H33NO4S/c1-23(2)29-22-38-32(35-29)34(33(39-34,25-12-6-4-7-13-25)26-14-8-5-9-15-26)31(36)28-16-10-11-17-30(28)40(37)27-20-18-24(3)19-21-27/h4-21,23,29,31,36H,22H2,1-3H3/t29-,31+,34+,40?/m1/s1. The molecule has 0 spiro atoms. The van der Waals surface area contributed by atoms with Crippen LogP contribution in [0.3, 0.4) is 0 Å². The molecule has 40 heavy (non-hydrogen) atoms. The minimum atomic E-state index is -1.52. The van der Waals surface area contributed by atoms with Crippen LogP contribution in [0.1, 0.15) is 42.2 Å². The van der Waals surface area contributed by atoms with Gasteiger partial charge >= 0.3 is 0 Å². The summed E-state index contributed by atoms with van der Waals surface area (Å²) in [6, 6.07) is 34.7. The number of aliphatic hydroxyl groups is 1. The number of aryl methyl sites for hydroxylation is 1. The summed E-state index contributed by atoms with van der Waals surface area (Å²) in [7, 11) is -1.52. The van der Waals surface area contributed by atoms with Crippen molar-refractivity contribution in [2.24, 2.45) is 10.9 Å². The number of rotatable bonds is 8. The minimum Gasteiger partial charge on any atom is -0.476 e. The number of aliphatic imine (C=N–C) groups is 1. The smallest absolute Gasteiger partial charge is 0.224 e. The minimum absolute atomic E-state index is 0.0514. The van der Waals surface area contributed by atoms with Crippen LogP contribution < -0.4 is 0 Å². The van der Waals surface area contributed by atoms with E-state index in [-0.39, 0.29) is 12.0 Å². The third-order valence-electron chi connectivity index (χ3n) is 7.95. The Bertz CT molecular complexity index is 1510. The second kappa shape index (κ2) is 10.4. The van der Waals surface area contributed by atoms with Crippen molar-refractivity contribution in [2.75, 3.05) is 6.61 Å². The topological polar surface area (TPSA) is 71.4 Å². The van der Waals surface area contributed by atoms with E-state index in [9.17, 15) is 9.32 Å². The molecule has 2 aliphatic rings. The fourth-order valence-corrected chi connectivity index (χ4v) is 6.88. The summed E-state index contributed by atoms with van der Waals surface area (Å²) in [4.78, 5) is 6.19. The van der Waals surface area contributed by atoms with E-state index in [0.717, 1.165) is 16.7 Å². The number of benzene rings is 4. The normalized spacial score (nSPS) is 22.8. The van der Waals surface area contributed by atoms with Gasteiger partial charge in [-0.1, -0.05) is 110 Å². The number of hydrogen-bond acceptors (Lipinski definition) is 5. The molecule has 0 aromatic heterocycles. The lowest BCUT2D eigenvalue weighted by molar-refractivity contribution is 0.0941. The highest BCUT2D eigenvalue weighted by molar-refractivity contribution is 7.85. The maximum Gasteiger partial charge on any atom is 0.224 e. The van der Waals surface area contributed by atoms with Gasteiger partial charge in [-0.15, -0.1) is 0 Å². The van der Waals surface area contributed by atoms with Gasteiger partial charge < -0.3 is 14.6 Å². The highest BCUT2D eigenvalue weighted by Gasteiger charge is 2.80. The number of aliphatic hydroxyl groups excluding tert-OH is 1. The van der Waals surface area contributed by atoms with Gasteiger partial charge in [0.15, 0.2) is 5.60 Å². The van der Waals surface area contributed by atoms with Crippen LogP contribution in [-0.4, -0.2) is 33.5 Å². The van der Waals surface area contributed by atoms with Gasteiger partial charge in [-0.3, -0.25) is 0 Å². The zero-order valence-electron chi connectivity index (χ0n) is 22.9. The average Bonchev–Trinajstić information content (AvgIpc) is 3.46. The van der Waals surface area contributed by atoms with Crippen molar-refractivity contribution in [3.63, 3.8) is 0 Å². The molecule has 0 aliphatic carbocycles.